The number of carboxylic acid groups (broad SMARTS) is 1. The Balaban J connectivity index is 0. The summed E-state index contributed by atoms with van der Waals surface area (Å²) in [4.78, 5) is 11.9. The second-order valence-corrected chi connectivity index (χ2v) is 2.15. The number of nitrogens with zero attached hydrogens (tertiary/aromatic N) is 1. The Morgan fingerprint density at radius 1 is 1.60 bits per heavy atom. The molecule has 1 N–H and O–H groups in total. The van der Waals surface area contributed by atoms with Gasteiger partial charge in [-0.25, -0.2) is 4.79 Å². The average Bonchev–Trinajstić information content (AvgIpc) is 1.63. The van der Waals surface area contributed by atoms with Gasteiger partial charge in [0.05, 0.1) is 0 Å². The molecule has 0 spiro atoms. The summed E-state index contributed by atoms with van der Waals surface area (Å²) in [5.74, 6) is -0.927. The summed E-state index contributed by atoms with van der Waals surface area (Å²) < 4.78 is 0. The second-order valence-electron chi connectivity index (χ2n) is 2.15. The Morgan fingerprint density at radius 3 is 2.10 bits per heavy atom. The van der Waals surface area contributed by atoms with Crippen molar-refractivity contribution in [3.63, 3.8) is 0 Å². The van der Waals surface area contributed by atoms with Crippen LogP contribution in [0.2, 0.25) is 0 Å². The number of hydrogen-bond donors (Lipinski definition) is 1. The van der Waals surface area contributed by atoms with Crippen LogP contribution in [0, 0.1) is 0 Å². The lowest BCUT2D eigenvalue weighted by Crippen LogP contribution is -2.18. The van der Waals surface area contributed by atoms with E-state index in [2.05, 4.69) is 6.58 Å². The lowest BCUT2D eigenvalue weighted by atomic mass is 10.3. The van der Waals surface area contributed by atoms with Crippen molar-refractivity contribution in [1.82, 2.24) is 4.90 Å². The van der Waals surface area contributed by atoms with Crippen molar-refractivity contribution in [1.29, 1.82) is 0 Å². The van der Waals surface area contributed by atoms with Crippen LogP contribution >= 0.6 is 12.4 Å². The van der Waals surface area contributed by atoms with E-state index in [-0.39, 0.29) is 18.0 Å². The molecule has 0 bridgehead atoms. The van der Waals surface area contributed by atoms with E-state index < -0.39 is 5.97 Å². The van der Waals surface area contributed by atoms with E-state index >= 15 is 0 Å². The highest BCUT2D eigenvalue weighted by Crippen LogP contribution is 1.90. The first-order chi connectivity index (χ1) is 4.04. The van der Waals surface area contributed by atoms with Gasteiger partial charge < -0.3 is 10.0 Å². The third-order valence-corrected chi connectivity index (χ3v) is 0.810. The van der Waals surface area contributed by atoms with Crippen LogP contribution < -0.4 is 0 Å². The van der Waals surface area contributed by atoms with Crippen molar-refractivity contribution in [2.45, 2.75) is 0 Å². The zero-order valence-corrected chi connectivity index (χ0v) is 6.94. The molecule has 0 saturated carbocycles. The Morgan fingerprint density at radius 2 is 2.00 bits per heavy atom. The highest BCUT2D eigenvalue weighted by Gasteiger charge is 2.02. The fourth-order valence-electron chi connectivity index (χ4n) is 0.449. The lowest BCUT2D eigenvalue weighted by molar-refractivity contribution is -0.132. The van der Waals surface area contributed by atoms with Gasteiger partial charge in [0.2, 0.25) is 0 Å². The van der Waals surface area contributed by atoms with Crippen LogP contribution in [0.25, 0.3) is 0 Å². The van der Waals surface area contributed by atoms with Crippen molar-refractivity contribution < 1.29 is 9.90 Å². The molecule has 0 aliphatic carbocycles. The Labute approximate surface area is 66.7 Å². The number of hydrogen-bond acceptors (Lipinski definition) is 2. The molecule has 0 atom stereocenters. The summed E-state index contributed by atoms with van der Waals surface area (Å²) in [7, 11) is 3.60. The molecule has 4 heteroatoms. The van der Waals surface area contributed by atoms with E-state index in [1.165, 1.54) is 0 Å². The summed E-state index contributed by atoms with van der Waals surface area (Å²) >= 11 is 0. The van der Waals surface area contributed by atoms with Crippen molar-refractivity contribution in [3.8, 4) is 0 Å². The van der Waals surface area contributed by atoms with Crippen molar-refractivity contribution >= 4 is 18.4 Å². The van der Waals surface area contributed by atoms with Crippen molar-refractivity contribution in [2.24, 2.45) is 0 Å². The number of rotatable bonds is 3. The molecule has 0 heterocycles. The highest BCUT2D eigenvalue weighted by atomic mass is 35.5. The lowest BCUT2D eigenvalue weighted by Gasteiger charge is -2.07. The first kappa shape index (κ1) is 12.2. The maximum atomic E-state index is 10.1. The van der Waals surface area contributed by atoms with Gasteiger partial charge in [0.25, 0.3) is 0 Å². The van der Waals surface area contributed by atoms with E-state index in [4.69, 9.17) is 5.11 Å². The van der Waals surface area contributed by atoms with E-state index in [0.717, 1.165) is 0 Å². The maximum Gasteiger partial charge on any atom is 0.332 e. The summed E-state index contributed by atoms with van der Waals surface area (Å²) in [6.45, 7) is 3.77. The van der Waals surface area contributed by atoms with Gasteiger partial charge in [-0.1, -0.05) is 6.58 Å². The molecule has 0 unspecified atom stereocenters. The number of carbonyl (C=O) groups is 1. The van der Waals surface area contributed by atoms with Crippen LogP contribution in [0.3, 0.4) is 0 Å². The molecule has 60 valence electrons. The molecule has 0 aromatic carbocycles. The van der Waals surface area contributed by atoms with Crippen LogP contribution in [0.1, 0.15) is 0 Å². The van der Waals surface area contributed by atoms with E-state index in [9.17, 15) is 4.79 Å². The number of halogens is 1. The summed E-state index contributed by atoms with van der Waals surface area (Å²) in [6, 6.07) is 0. The van der Waals surface area contributed by atoms with Gasteiger partial charge in [0, 0.05) is 12.1 Å². The van der Waals surface area contributed by atoms with Gasteiger partial charge in [-0.2, -0.15) is 0 Å². The molecular formula is C6H12ClNO2. The van der Waals surface area contributed by atoms with Crippen LogP contribution in [0.5, 0.6) is 0 Å². The summed E-state index contributed by atoms with van der Waals surface area (Å²) in [6.07, 6.45) is 0. The van der Waals surface area contributed by atoms with Gasteiger partial charge in [0.1, 0.15) is 0 Å². The van der Waals surface area contributed by atoms with Crippen molar-refractivity contribution in [2.75, 3.05) is 20.6 Å². The minimum atomic E-state index is -0.927. The van der Waals surface area contributed by atoms with Crippen molar-refractivity contribution in [3.05, 3.63) is 12.2 Å². The first-order valence-corrected chi connectivity index (χ1v) is 2.60. The molecule has 0 fully saturated rings. The molecule has 0 amide bonds. The molecular weight excluding hydrogens is 154 g/mol. The molecule has 0 aromatic heterocycles. The van der Waals surface area contributed by atoms with Crippen LogP contribution in [-0.4, -0.2) is 36.6 Å². The molecule has 3 nitrogen and oxygen atoms in total. The number of aliphatic carboxylic acids is 1. The van der Waals surface area contributed by atoms with Crippen LogP contribution in [0.15, 0.2) is 12.2 Å². The molecule has 0 rings (SSSR count). The monoisotopic (exact) mass is 165 g/mol. The third kappa shape index (κ3) is 5.59. The SMILES string of the molecule is C=C(CN(C)C)C(=O)O.Cl. The van der Waals surface area contributed by atoms with Gasteiger partial charge in [-0.15, -0.1) is 12.4 Å². The van der Waals surface area contributed by atoms with E-state index in [0.29, 0.717) is 6.54 Å². The predicted octanol–water partition coefficient (Wildman–Crippen LogP) is 0.611. The molecule has 0 aromatic rings. The Kier molecular flexibility index (Phi) is 6.40. The maximum absolute atomic E-state index is 10.1. The quantitative estimate of drug-likeness (QED) is 0.623. The summed E-state index contributed by atoms with van der Waals surface area (Å²) in [5, 5.41) is 8.30. The van der Waals surface area contributed by atoms with Crippen LogP contribution in [0.4, 0.5) is 0 Å². The highest BCUT2D eigenvalue weighted by molar-refractivity contribution is 5.86. The van der Waals surface area contributed by atoms with E-state index in [1.807, 2.05) is 0 Å². The number of likely N-dealkylation sites (N-methyl/N-ethyl adjacent to an activating group) is 1. The molecule has 0 saturated heterocycles. The largest absolute Gasteiger partial charge is 0.478 e. The molecule has 0 aliphatic heterocycles. The van der Waals surface area contributed by atoms with Crippen LogP contribution in [-0.2, 0) is 4.79 Å². The van der Waals surface area contributed by atoms with Gasteiger partial charge in [0.15, 0.2) is 0 Å². The fraction of sp³-hybridized carbons (Fsp3) is 0.500. The second kappa shape index (κ2) is 5.26. The fourth-order valence-corrected chi connectivity index (χ4v) is 0.449. The minimum Gasteiger partial charge on any atom is -0.478 e. The molecule has 0 aliphatic rings. The topological polar surface area (TPSA) is 40.5 Å². The zero-order chi connectivity index (χ0) is 7.44. The summed E-state index contributed by atoms with van der Waals surface area (Å²) in [5.41, 5.74) is 0.222. The van der Waals surface area contributed by atoms with E-state index in [1.54, 1.807) is 19.0 Å². The van der Waals surface area contributed by atoms with Gasteiger partial charge in [-0.3, -0.25) is 0 Å². The Bertz CT molecular complexity index is 134. The van der Waals surface area contributed by atoms with Gasteiger partial charge in [-0.05, 0) is 14.1 Å². The molecule has 10 heavy (non-hydrogen) atoms. The molecule has 0 radical (unpaired) electrons. The van der Waals surface area contributed by atoms with Gasteiger partial charge >= 0.3 is 5.97 Å². The third-order valence-electron chi connectivity index (χ3n) is 0.810. The Hall–Kier alpha value is -0.540. The number of carboxylic acids is 1. The zero-order valence-electron chi connectivity index (χ0n) is 6.13. The standard InChI is InChI=1S/C6H11NO2.ClH/c1-5(6(8)9)4-7(2)3;/h1,4H2,2-3H3,(H,8,9);1H. The normalized spacial score (nSPS) is 8.70. The average molecular weight is 166 g/mol. The predicted molar refractivity (Wildman–Crippen MR) is 42.6 cm³/mol. The minimum absolute atomic E-state index is 0. The first-order valence-electron chi connectivity index (χ1n) is 2.60. The smallest absolute Gasteiger partial charge is 0.332 e.